The van der Waals surface area contributed by atoms with Gasteiger partial charge < -0.3 is 29.5 Å². The van der Waals surface area contributed by atoms with Gasteiger partial charge in [-0.1, -0.05) is 29.8 Å². The normalized spacial score (nSPS) is 13.3. The van der Waals surface area contributed by atoms with Gasteiger partial charge in [-0.3, -0.25) is 0 Å². The van der Waals surface area contributed by atoms with E-state index in [4.69, 9.17) is 9.47 Å². The van der Waals surface area contributed by atoms with Gasteiger partial charge in [0.15, 0.2) is 6.10 Å². The molecule has 8 nitrogen and oxygen atoms in total. The standard InChI is InChI=1S/C27H29F9N2O6/c1-3-42-21(22(39)40)16-18-6-10-20(11-7-18)43-14-12-38(23(41)37-19-8-4-17(2)5-9-19)13-15-44-27(35,36)25(30,31)24(28,29)26(32,33)34/h4-11,21H,3,12-16H2,1-2H3,(H,37,41)(H,39,40). The zero-order valence-electron chi connectivity index (χ0n) is 23.3. The molecule has 17 heteroatoms. The lowest BCUT2D eigenvalue weighted by Crippen LogP contribution is -2.62. The number of nitrogens with one attached hydrogen (secondary N) is 1. The number of carboxylic acid groups (broad SMARTS) is 1. The molecule has 2 aromatic carbocycles. The zero-order valence-corrected chi connectivity index (χ0v) is 23.3. The number of alkyl halides is 9. The number of amides is 2. The Hall–Kier alpha value is -3.73. The maximum Gasteiger partial charge on any atom is 0.460 e. The van der Waals surface area contributed by atoms with Crippen molar-refractivity contribution in [1.82, 2.24) is 4.90 Å². The molecule has 0 saturated heterocycles. The van der Waals surface area contributed by atoms with Gasteiger partial charge in [0, 0.05) is 25.3 Å². The minimum atomic E-state index is -7.12. The molecule has 0 aliphatic rings. The fraction of sp³-hybridized carbons (Fsp3) is 0.481. The van der Waals surface area contributed by atoms with Crippen LogP contribution in [0.3, 0.4) is 0 Å². The number of anilines is 1. The van der Waals surface area contributed by atoms with Crippen molar-refractivity contribution in [2.45, 2.75) is 50.5 Å². The fourth-order valence-corrected chi connectivity index (χ4v) is 3.52. The molecule has 2 rings (SSSR count). The Morgan fingerprint density at radius 3 is 1.95 bits per heavy atom. The number of rotatable bonds is 16. The second-order valence-corrected chi connectivity index (χ2v) is 9.27. The van der Waals surface area contributed by atoms with Gasteiger partial charge in [0.25, 0.3) is 0 Å². The van der Waals surface area contributed by atoms with Crippen LogP contribution in [0.4, 0.5) is 50.0 Å². The molecule has 246 valence electrons. The van der Waals surface area contributed by atoms with E-state index in [0.29, 0.717) is 5.56 Å². The van der Waals surface area contributed by atoms with Crippen molar-refractivity contribution in [3.05, 3.63) is 59.7 Å². The van der Waals surface area contributed by atoms with E-state index >= 15 is 0 Å². The number of aryl methyl sites for hydroxylation is 1. The molecule has 1 atom stereocenters. The average molecular weight is 649 g/mol. The Bertz CT molecular complexity index is 1230. The number of hydrogen-bond acceptors (Lipinski definition) is 5. The van der Waals surface area contributed by atoms with E-state index in [1.165, 1.54) is 24.3 Å². The Morgan fingerprint density at radius 1 is 0.864 bits per heavy atom. The molecular formula is C27H29F9N2O6. The maximum absolute atomic E-state index is 13.8. The highest BCUT2D eigenvalue weighted by atomic mass is 19.4. The smallest absolute Gasteiger partial charge is 0.460 e. The number of aliphatic carboxylic acids is 1. The first-order valence-corrected chi connectivity index (χ1v) is 12.8. The first-order valence-electron chi connectivity index (χ1n) is 12.8. The molecule has 0 radical (unpaired) electrons. The summed E-state index contributed by atoms with van der Waals surface area (Å²) in [5.41, 5.74) is 1.64. The number of halogens is 9. The van der Waals surface area contributed by atoms with Crippen LogP contribution in [0.15, 0.2) is 48.5 Å². The second kappa shape index (κ2) is 14.8. The molecule has 2 amide bonds. The molecule has 0 saturated carbocycles. The van der Waals surface area contributed by atoms with Crippen LogP contribution in [0.2, 0.25) is 0 Å². The van der Waals surface area contributed by atoms with E-state index in [1.54, 1.807) is 38.1 Å². The number of carboxylic acids is 1. The Balaban J connectivity index is 2.09. The first-order chi connectivity index (χ1) is 20.3. The summed E-state index contributed by atoms with van der Waals surface area (Å²) in [5, 5.41) is 11.6. The molecule has 2 aromatic rings. The van der Waals surface area contributed by atoms with Crippen LogP contribution in [0.1, 0.15) is 18.1 Å². The van der Waals surface area contributed by atoms with Gasteiger partial charge in [-0.2, -0.15) is 39.5 Å². The first kappa shape index (κ1) is 36.5. The largest absolute Gasteiger partial charge is 0.492 e. The van der Waals surface area contributed by atoms with Gasteiger partial charge in [0.1, 0.15) is 12.4 Å². The molecule has 0 aliphatic heterocycles. The summed E-state index contributed by atoms with van der Waals surface area (Å²) >= 11 is 0. The Labute approximate surface area is 245 Å². The molecular weight excluding hydrogens is 619 g/mol. The van der Waals surface area contributed by atoms with Crippen molar-refractivity contribution in [2.24, 2.45) is 0 Å². The molecule has 44 heavy (non-hydrogen) atoms. The Kier molecular flexibility index (Phi) is 12.3. The highest BCUT2D eigenvalue weighted by molar-refractivity contribution is 5.89. The molecule has 1 unspecified atom stereocenters. The number of hydrogen-bond donors (Lipinski definition) is 2. The van der Waals surface area contributed by atoms with Gasteiger partial charge >= 0.3 is 36.1 Å². The minimum Gasteiger partial charge on any atom is -0.492 e. The second-order valence-electron chi connectivity index (χ2n) is 9.27. The summed E-state index contributed by atoms with van der Waals surface area (Å²) in [5.74, 6) is -15.0. The predicted octanol–water partition coefficient (Wildman–Crippen LogP) is 6.38. The SMILES string of the molecule is CCOC(Cc1ccc(OCCN(CCOC(F)(F)C(F)(F)C(F)(F)C(F)(F)F)C(=O)Nc2ccc(C)cc2)cc1)C(=O)O. The van der Waals surface area contributed by atoms with Crippen LogP contribution in [0.5, 0.6) is 5.75 Å². The van der Waals surface area contributed by atoms with E-state index in [0.717, 1.165) is 10.5 Å². The van der Waals surface area contributed by atoms with Gasteiger partial charge in [-0.05, 0) is 43.7 Å². The fourth-order valence-electron chi connectivity index (χ4n) is 3.52. The average Bonchev–Trinajstić information content (AvgIpc) is 2.93. The molecule has 0 spiro atoms. The van der Waals surface area contributed by atoms with Crippen molar-refractivity contribution in [3.8, 4) is 5.75 Å². The summed E-state index contributed by atoms with van der Waals surface area (Å²) in [4.78, 5) is 24.8. The third-order valence-electron chi connectivity index (χ3n) is 5.97. The van der Waals surface area contributed by atoms with Gasteiger partial charge in [0.05, 0.1) is 13.2 Å². The summed E-state index contributed by atoms with van der Waals surface area (Å²) in [6.45, 7) is 0.327. The van der Waals surface area contributed by atoms with Crippen LogP contribution in [0, 0.1) is 6.92 Å². The van der Waals surface area contributed by atoms with Gasteiger partial charge in [0.2, 0.25) is 0 Å². The number of nitrogens with zero attached hydrogens (tertiary/aromatic N) is 1. The van der Waals surface area contributed by atoms with E-state index < -0.39 is 61.9 Å². The molecule has 0 heterocycles. The number of carbonyl (C=O) groups excluding carboxylic acids is 1. The van der Waals surface area contributed by atoms with Crippen molar-refractivity contribution in [3.63, 3.8) is 0 Å². The predicted molar refractivity (Wildman–Crippen MR) is 137 cm³/mol. The van der Waals surface area contributed by atoms with Gasteiger partial charge in [-0.25, -0.2) is 9.59 Å². The summed E-state index contributed by atoms with van der Waals surface area (Å²) in [6, 6.07) is 11.2. The maximum atomic E-state index is 13.8. The monoisotopic (exact) mass is 648 g/mol. The van der Waals surface area contributed by atoms with Crippen LogP contribution in [-0.4, -0.2) is 85.2 Å². The van der Waals surface area contributed by atoms with Crippen molar-refractivity contribution < 1.29 is 68.4 Å². The van der Waals surface area contributed by atoms with Crippen molar-refractivity contribution in [1.29, 1.82) is 0 Å². The molecule has 2 N–H and O–H groups in total. The lowest BCUT2D eigenvalue weighted by molar-refractivity contribution is -0.443. The third-order valence-corrected chi connectivity index (χ3v) is 5.97. The molecule has 0 aromatic heterocycles. The van der Waals surface area contributed by atoms with Crippen LogP contribution >= 0.6 is 0 Å². The number of ether oxygens (including phenoxy) is 3. The molecule has 0 bridgehead atoms. The van der Waals surface area contributed by atoms with E-state index in [-0.39, 0.29) is 31.1 Å². The van der Waals surface area contributed by atoms with Crippen molar-refractivity contribution in [2.75, 3.05) is 38.2 Å². The van der Waals surface area contributed by atoms with Crippen LogP contribution < -0.4 is 10.1 Å². The summed E-state index contributed by atoms with van der Waals surface area (Å²) in [6.07, 6.45) is -14.3. The molecule has 0 fully saturated rings. The van der Waals surface area contributed by atoms with Crippen LogP contribution in [0.25, 0.3) is 0 Å². The van der Waals surface area contributed by atoms with Gasteiger partial charge in [-0.15, -0.1) is 0 Å². The molecule has 0 aliphatic carbocycles. The number of urea groups is 1. The van der Waals surface area contributed by atoms with E-state index in [2.05, 4.69) is 10.1 Å². The van der Waals surface area contributed by atoms with E-state index in [9.17, 15) is 54.2 Å². The highest BCUT2D eigenvalue weighted by Crippen LogP contribution is 2.53. The zero-order chi connectivity index (χ0) is 33.3. The quantitative estimate of drug-likeness (QED) is 0.205. The highest BCUT2D eigenvalue weighted by Gasteiger charge is 2.82. The topological polar surface area (TPSA) is 97.3 Å². The summed E-state index contributed by atoms with van der Waals surface area (Å²) < 4.78 is 132. The number of benzene rings is 2. The summed E-state index contributed by atoms with van der Waals surface area (Å²) in [7, 11) is 0. The minimum absolute atomic E-state index is 0.0506. The lowest BCUT2D eigenvalue weighted by atomic mass is 10.1. The Morgan fingerprint density at radius 2 is 1.43 bits per heavy atom. The van der Waals surface area contributed by atoms with Crippen LogP contribution in [-0.2, 0) is 20.7 Å². The van der Waals surface area contributed by atoms with E-state index in [1.807, 2.05) is 0 Å². The third kappa shape index (κ3) is 9.38. The number of carbonyl (C=O) groups is 2. The lowest BCUT2D eigenvalue weighted by Gasteiger charge is -2.33. The van der Waals surface area contributed by atoms with Crippen molar-refractivity contribution >= 4 is 17.7 Å².